The number of phenolic OH excluding ortho intramolecular Hbond substituents is 1. The summed E-state index contributed by atoms with van der Waals surface area (Å²) in [6.45, 7) is 4.52. The fourth-order valence-electron chi connectivity index (χ4n) is 0.877. The highest BCUT2D eigenvalue weighted by atomic mass is 16.5. The number of aromatic hydroxyl groups is 1. The number of benzene rings is 1. The molecule has 0 saturated carbocycles. The van der Waals surface area contributed by atoms with Crippen molar-refractivity contribution < 1.29 is 9.84 Å². The van der Waals surface area contributed by atoms with Gasteiger partial charge in [0.05, 0.1) is 0 Å². The zero-order valence-electron chi connectivity index (χ0n) is 7.95. The lowest BCUT2D eigenvalue weighted by Gasteiger charge is -2.04. The van der Waals surface area contributed by atoms with Crippen molar-refractivity contribution in [1.82, 2.24) is 0 Å². The number of hydrogen-bond donors (Lipinski definition) is 1. The van der Waals surface area contributed by atoms with Gasteiger partial charge in [-0.1, -0.05) is 17.7 Å². The molecule has 2 heteroatoms. The molecule has 0 bridgehead atoms. The fourth-order valence-corrected chi connectivity index (χ4v) is 0.877. The lowest BCUT2D eigenvalue weighted by Crippen LogP contribution is -1.93. The maximum atomic E-state index is 9.33. The van der Waals surface area contributed by atoms with Crippen molar-refractivity contribution in [3.63, 3.8) is 0 Å². The second-order valence-electron chi connectivity index (χ2n) is 3.06. The minimum atomic E-state index is 0.185. The van der Waals surface area contributed by atoms with Crippen LogP contribution < -0.4 is 4.74 Å². The summed E-state index contributed by atoms with van der Waals surface area (Å²) < 4.78 is 5.32. The smallest absolute Gasteiger partial charge is 0.161 e. The van der Waals surface area contributed by atoms with Gasteiger partial charge in [-0.05, 0) is 32.1 Å². The summed E-state index contributed by atoms with van der Waals surface area (Å²) in [7, 11) is 0. The zero-order chi connectivity index (χ0) is 9.68. The fraction of sp³-hybridized carbons (Fsp3) is 0.273. The molecule has 0 unspecified atom stereocenters. The third kappa shape index (κ3) is 3.20. The van der Waals surface area contributed by atoms with Crippen molar-refractivity contribution in [2.75, 3.05) is 6.61 Å². The predicted molar refractivity (Wildman–Crippen MR) is 53.0 cm³/mol. The second kappa shape index (κ2) is 4.55. The number of ether oxygens (including phenoxy) is 1. The van der Waals surface area contributed by atoms with E-state index in [-0.39, 0.29) is 5.75 Å². The molecule has 1 aromatic carbocycles. The molecule has 13 heavy (non-hydrogen) atoms. The van der Waals surface area contributed by atoms with Gasteiger partial charge in [0.15, 0.2) is 11.5 Å². The van der Waals surface area contributed by atoms with Crippen LogP contribution in [0.15, 0.2) is 35.9 Å². The first-order valence-electron chi connectivity index (χ1n) is 4.24. The van der Waals surface area contributed by atoms with Gasteiger partial charge < -0.3 is 9.84 Å². The molecule has 0 fully saturated rings. The number of phenols is 1. The maximum Gasteiger partial charge on any atom is 0.161 e. The zero-order valence-corrected chi connectivity index (χ0v) is 7.95. The van der Waals surface area contributed by atoms with E-state index in [9.17, 15) is 5.11 Å². The molecule has 1 N–H and O–H groups in total. The summed E-state index contributed by atoms with van der Waals surface area (Å²) in [5.74, 6) is 0.713. The van der Waals surface area contributed by atoms with E-state index in [1.165, 1.54) is 5.57 Å². The van der Waals surface area contributed by atoms with Gasteiger partial charge in [0.2, 0.25) is 0 Å². The summed E-state index contributed by atoms with van der Waals surface area (Å²) in [4.78, 5) is 0. The largest absolute Gasteiger partial charge is 0.504 e. The van der Waals surface area contributed by atoms with E-state index in [0.717, 1.165) is 0 Å². The topological polar surface area (TPSA) is 29.5 Å². The van der Waals surface area contributed by atoms with E-state index in [4.69, 9.17) is 4.74 Å². The molecule has 0 aliphatic heterocycles. The third-order valence-corrected chi connectivity index (χ3v) is 1.60. The molecule has 0 atom stereocenters. The van der Waals surface area contributed by atoms with Crippen molar-refractivity contribution in [3.8, 4) is 11.5 Å². The Kier molecular flexibility index (Phi) is 3.38. The van der Waals surface area contributed by atoms with Gasteiger partial charge in [-0.2, -0.15) is 0 Å². The Hall–Kier alpha value is -1.44. The summed E-state index contributed by atoms with van der Waals surface area (Å²) in [5, 5.41) is 9.33. The summed E-state index contributed by atoms with van der Waals surface area (Å²) in [6.07, 6.45) is 1.96. The van der Waals surface area contributed by atoms with Crippen LogP contribution in [0.1, 0.15) is 13.8 Å². The maximum absolute atomic E-state index is 9.33. The minimum absolute atomic E-state index is 0.185. The van der Waals surface area contributed by atoms with Crippen LogP contribution in [0.5, 0.6) is 11.5 Å². The molecule has 1 aromatic rings. The molecule has 0 radical (unpaired) electrons. The first kappa shape index (κ1) is 9.65. The van der Waals surface area contributed by atoms with Gasteiger partial charge in [0.25, 0.3) is 0 Å². The van der Waals surface area contributed by atoms with Crippen LogP contribution in [0.4, 0.5) is 0 Å². The lowest BCUT2D eigenvalue weighted by atomic mass is 10.3. The van der Waals surface area contributed by atoms with Crippen LogP contribution in [0, 0.1) is 0 Å². The molecule has 0 aromatic heterocycles. The van der Waals surface area contributed by atoms with Crippen molar-refractivity contribution in [1.29, 1.82) is 0 Å². The summed E-state index contributed by atoms with van der Waals surface area (Å²) in [6, 6.07) is 6.95. The highest BCUT2D eigenvalue weighted by Crippen LogP contribution is 2.24. The first-order chi connectivity index (χ1) is 6.20. The molecule has 0 amide bonds. The molecule has 0 aliphatic rings. The molecular weight excluding hydrogens is 164 g/mol. The van der Waals surface area contributed by atoms with Crippen LogP contribution in [0.2, 0.25) is 0 Å². The highest BCUT2D eigenvalue weighted by molar-refractivity contribution is 5.37. The van der Waals surface area contributed by atoms with E-state index < -0.39 is 0 Å². The second-order valence-corrected chi connectivity index (χ2v) is 3.06. The van der Waals surface area contributed by atoms with Gasteiger partial charge >= 0.3 is 0 Å². The number of hydrogen-bond acceptors (Lipinski definition) is 2. The van der Waals surface area contributed by atoms with Crippen LogP contribution in [-0.4, -0.2) is 11.7 Å². The van der Waals surface area contributed by atoms with Crippen LogP contribution in [0.3, 0.4) is 0 Å². The van der Waals surface area contributed by atoms with Crippen molar-refractivity contribution in [3.05, 3.63) is 35.9 Å². The Bertz CT molecular complexity index is 299. The number of rotatable bonds is 3. The standard InChI is InChI=1S/C11H14O2/c1-9(2)7-8-13-11-6-4-3-5-10(11)12/h3-7,12H,8H2,1-2H3. The van der Waals surface area contributed by atoms with Crippen LogP contribution in [-0.2, 0) is 0 Å². The molecule has 2 nitrogen and oxygen atoms in total. The Labute approximate surface area is 78.5 Å². The Morgan fingerprint density at radius 2 is 2.08 bits per heavy atom. The van der Waals surface area contributed by atoms with Crippen LogP contribution >= 0.6 is 0 Å². The van der Waals surface area contributed by atoms with E-state index in [2.05, 4.69) is 0 Å². The first-order valence-corrected chi connectivity index (χ1v) is 4.24. The Balaban J connectivity index is 2.55. The van der Waals surface area contributed by atoms with Gasteiger partial charge in [-0.15, -0.1) is 0 Å². The normalized spacial score (nSPS) is 9.38. The van der Waals surface area contributed by atoms with E-state index >= 15 is 0 Å². The summed E-state index contributed by atoms with van der Waals surface area (Å²) in [5.41, 5.74) is 1.20. The predicted octanol–water partition coefficient (Wildman–Crippen LogP) is 2.74. The quantitative estimate of drug-likeness (QED) is 0.721. The minimum Gasteiger partial charge on any atom is -0.504 e. The molecule has 0 aliphatic carbocycles. The Morgan fingerprint density at radius 1 is 1.38 bits per heavy atom. The highest BCUT2D eigenvalue weighted by Gasteiger charge is 1.97. The van der Waals surface area contributed by atoms with E-state index in [1.54, 1.807) is 18.2 Å². The average Bonchev–Trinajstić information content (AvgIpc) is 2.08. The molecule has 0 heterocycles. The van der Waals surface area contributed by atoms with Gasteiger partial charge in [0.1, 0.15) is 6.61 Å². The van der Waals surface area contributed by atoms with Crippen LogP contribution in [0.25, 0.3) is 0 Å². The van der Waals surface area contributed by atoms with Crippen molar-refractivity contribution in [2.24, 2.45) is 0 Å². The molecule has 1 rings (SSSR count). The molecule has 70 valence electrons. The van der Waals surface area contributed by atoms with Gasteiger partial charge in [-0.3, -0.25) is 0 Å². The van der Waals surface area contributed by atoms with Crippen molar-refractivity contribution >= 4 is 0 Å². The number of para-hydroxylation sites is 2. The number of allylic oxidation sites excluding steroid dienone is 1. The molecule has 0 spiro atoms. The Morgan fingerprint density at radius 3 is 2.69 bits per heavy atom. The molecule has 0 saturated heterocycles. The van der Waals surface area contributed by atoms with Gasteiger partial charge in [-0.25, -0.2) is 0 Å². The van der Waals surface area contributed by atoms with E-state index in [1.807, 2.05) is 26.0 Å². The van der Waals surface area contributed by atoms with E-state index in [0.29, 0.717) is 12.4 Å². The summed E-state index contributed by atoms with van der Waals surface area (Å²) >= 11 is 0. The molecular formula is C11H14O2. The van der Waals surface area contributed by atoms with Crippen molar-refractivity contribution in [2.45, 2.75) is 13.8 Å². The SMILES string of the molecule is CC(C)=CCOc1ccccc1O. The van der Waals surface area contributed by atoms with Gasteiger partial charge in [0, 0.05) is 0 Å². The monoisotopic (exact) mass is 178 g/mol. The lowest BCUT2D eigenvalue weighted by molar-refractivity contribution is 0.335. The third-order valence-electron chi connectivity index (χ3n) is 1.60. The average molecular weight is 178 g/mol.